The summed E-state index contributed by atoms with van der Waals surface area (Å²) in [5.74, 6) is -0.692. The van der Waals surface area contributed by atoms with E-state index in [-0.39, 0.29) is 30.6 Å². The minimum atomic E-state index is -0.547. The third-order valence-corrected chi connectivity index (χ3v) is 2.96. The lowest BCUT2D eigenvalue weighted by Crippen LogP contribution is -2.35. The van der Waals surface area contributed by atoms with Gasteiger partial charge in [0.1, 0.15) is 18.3 Å². The molecule has 0 bridgehead atoms. The maximum atomic E-state index is 14.0. The molecular formula is C15H19FN6O2. The van der Waals surface area contributed by atoms with Gasteiger partial charge in [0.15, 0.2) is 5.82 Å². The van der Waals surface area contributed by atoms with Crippen molar-refractivity contribution >= 4 is 17.6 Å². The Bertz CT molecular complexity index is 702. The number of nitrogens with zero attached hydrogens (tertiary/aromatic N) is 3. The molecule has 2 aromatic rings. The van der Waals surface area contributed by atoms with Gasteiger partial charge in [0, 0.05) is 24.7 Å². The number of carbonyl (C=O) groups is 2. The first kappa shape index (κ1) is 17.4. The summed E-state index contributed by atoms with van der Waals surface area (Å²) in [6.07, 6.45) is 2.85. The Balaban J connectivity index is 1.84. The van der Waals surface area contributed by atoms with E-state index < -0.39 is 11.8 Å². The molecule has 9 heteroatoms. The molecule has 128 valence electrons. The zero-order valence-corrected chi connectivity index (χ0v) is 13.4. The van der Waals surface area contributed by atoms with E-state index in [2.05, 4.69) is 26.0 Å². The van der Waals surface area contributed by atoms with Crippen LogP contribution in [0.4, 0.5) is 14.9 Å². The molecule has 0 atom stereocenters. The predicted octanol–water partition coefficient (Wildman–Crippen LogP) is 1.44. The van der Waals surface area contributed by atoms with Gasteiger partial charge in [-0.1, -0.05) is 0 Å². The van der Waals surface area contributed by atoms with Crippen LogP contribution in [0, 0.1) is 5.82 Å². The molecule has 1 aromatic carbocycles. The fourth-order valence-corrected chi connectivity index (χ4v) is 1.96. The third kappa shape index (κ3) is 5.04. The van der Waals surface area contributed by atoms with Gasteiger partial charge in [0.05, 0.1) is 0 Å². The Kier molecular flexibility index (Phi) is 5.83. The van der Waals surface area contributed by atoms with Gasteiger partial charge in [-0.2, -0.15) is 5.10 Å². The number of rotatable bonds is 6. The lowest BCUT2D eigenvalue weighted by atomic mass is 10.2. The van der Waals surface area contributed by atoms with Crippen LogP contribution in [-0.4, -0.2) is 39.3 Å². The van der Waals surface area contributed by atoms with Crippen LogP contribution in [0.25, 0.3) is 5.69 Å². The highest BCUT2D eigenvalue weighted by molar-refractivity contribution is 5.89. The minimum absolute atomic E-state index is 0.0535. The molecule has 3 N–H and O–H groups in total. The highest BCUT2D eigenvalue weighted by atomic mass is 19.1. The van der Waals surface area contributed by atoms with E-state index in [9.17, 15) is 14.0 Å². The van der Waals surface area contributed by atoms with Crippen LogP contribution in [0.1, 0.15) is 20.3 Å². The van der Waals surface area contributed by atoms with E-state index in [4.69, 9.17) is 0 Å². The van der Waals surface area contributed by atoms with E-state index in [1.54, 1.807) is 6.07 Å². The van der Waals surface area contributed by atoms with Gasteiger partial charge >= 0.3 is 6.03 Å². The van der Waals surface area contributed by atoms with Crippen molar-refractivity contribution in [3.8, 4) is 5.69 Å². The molecular weight excluding hydrogens is 315 g/mol. The van der Waals surface area contributed by atoms with Gasteiger partial charge in [0.25, 0.3) is 0 Å². The van der Waals surface area contributed by atoms with E-state index in [1.807, 2.05) is 13.8 Å². The number of amides is 3. The van der Waals surface area contributed by atoms with E-state index in [0.717, 1.165) is 0 Å². The predicted molar refractivity (Wildman–Crippen MR) is 86.2 cm³/mol. The zero-order chi connectivity index (χ0) is 17.5. The number of urea groups is 1. The van der Waals surface area contributed by atoms with E-state index >= 15 is 0 Å². The number of hydrogen-bond acceptors (Lipinski definition) is 4. The Morgan fingerprint density at radius 3 is 2.75 bits per heavy atom. The molecule has 0 unspecified atom stereocenters. The zero-order valence-electron chi connectivity index (χ0n) is 13.4. The highest BCUT2D eigenvalue weighted by Gasteiger charge is 2.09. The third-order valence-electron chi connectivity index (χ3n) is 2.96. The monoisotopic (exact) mass is 334 g/mol. The summed E-state index contributed by atoms with van der Waals surface area (Å²) in [4.78, 5) is 26.9. The average Bonchev–Trinajstić information content (AvgIpc) is 3.00. The van der Waals surface area contributed by atoms with Gasteiger partial charge in [-0.25, -0.2) is 18.9 Å². The molecule has 0 fully saturated rings. The van der Waals surface area contributed by atoms with Gasteiger partial charge in [0.2, 0.25) is 5.91 Å². The summed E-state index contributed by atoms with van der Waals surface area (Å²) < 4.78 is 15.3. The summed E-state index contributed by atoms with van der Waals surface area (Å²) in [5, 5.41) is 11.6. The minimum Gasteiger partial charge on any atom is -0.354 e. The van der Waals surface area contributed by atoms with Crippen LogP contribution in [0.2, 0.25) is 0 Å². The number of nitrogens with one attached hydrogen (secondary N) is 3. The number of hydrogen-bond donors (Lipinski definition) is 3. The molecule has 2 rings (SSSR count). The molecule has 0 aliphatic carbocycles. The molecule has 0 saturated heterocycles. The number of anilines is 1. The SMILES string of the molecule is CC(C)NC(=O)CCNC(=O)Nc1ccc(-n2cncn2)c(F)c1. The molecule has 0 saturated carbocycles. The normalized spacial score (nSPS) is 10.5. The summed E-state index contributed by atoms with van der Waals surface area (Å²) in [7, 11) is 0. The fourth-order valence-electron chi connectivity index (χ4n) is 1.96. The van der Waals surface area contributed by atoms with Crippen LogP contribution in [-0.2, 0) is 4.79 Å². The fraction of sp³-hybridized carbons (Fsp3) is 0.333. The van der Waals surface area contributed by atoms with E-state index in [1.165, 1.54) is 29.5 Å². The van der Waals surface area contributed by atoms with Crippen molar-refractivity contribution in [2.75, 3.05) is 11.9 Å². The molecule has 0 radical (unpaired) electrons. The molecule has 3 amide bonds. The second kappa shape index (κ2) is 8.04. The average molecular weight is 334 g/mol. The first-order valence-electron chi connectivity index (χ1n) is 7.44. The molecule has 0 aliphatic heterocycles. The van der Waals surface area contributed by atoms with Crippen LogP contribution in [0.15, 0.2) is 30.9 Å². The summed E-state index contributed by atoms with van der Waals surface area (Å²) >= 11 is 0. The number of carbonyl (C=O) groups excluding carboxylic acids is 2. The summed E-state index contributed by atoms with van der Waals surface area (Å²) in [6.45, 7) is 3.90. The Hall–Kier alpha value is -2.97. The largest absolute Gasteiger partial charge is 0.354 e. The Morgan fingerprint density at radius 2 is 2.12 bits per heavy atom. The van der Waals surface area contributed by atoms with E-state index in [0.29, 0.717) is 5.69 Å². The van der Waals surface area contributed by atoms with Crippen LogP contribution < -0.4 is 16.0 Å². The number of halogens is 1. The van der Waals surface area contributed by atoms with Crippen molar-refractivity contribution in [1.82, 2.24) is 25.4 Å². The second-order valence-corrected chi connectivity index (χ2v) is 5.36. The van der Waals surface area contributed by atoms with Gasteiger partial charge in [-0.05, 0) is 32.0 Å². The van der Waals surface area contributed by atoms with Crippen LogP contribution in [0.3, 0.4) is 0 Å². The molecule has 1 aromatic heterocycles. The van der Waals surface area contributed by atoms with Gasteiger partial charge in [-0.15, -0.1) is 0 Å². The highest BCUT2D eigenvalue weighted by Crippen LogP contribution is 2.17. The van der Waals surface area contributed by atoms with Crippen LogP contribution >= 0.6 is 0 Å². The Morgan fingerprint density at radius 1 is 1.33 bits per heavy atom. The second-order valence-electron chi connectivity index (χ2n) is 5.36. The first-order chi connectivity index (χ1) is 11.5. The quantitative estimate of drug-likeness (QED) is 0.744. The van der Waals surface area contributed by atoms with Crippen molar-refractivity contribution in [2.24, 2.45) is 0 Å². The summed E-state index contributed by atoms with van der Waals surface area (Å²) in [6, 6.07) is 3.75. The smallest absolute Gasteiger partial charge is 0.319 e. The van der Waals surface area contributed by atoms with Gasteiger partial charge < -0.3 is 16.0 Å². The topological polar surface area (TPSA) is 101 Å². The van der Waals surface area contributed by atoms with Gasteiger partial charge in [-0.3, -0.25) is 4.79 Å². The maximum Gasteiger partial charge on any atom is 0.319 e. The number of aromatic nitrogens is 3. The lowest BCUT2D eigenvalue weighted by molar-refractivity contribution is -0.121. The molecule has 24 heavy (non-hydrogen) atoms. The molecule has 0 spiro atoms. The maximum absolute atomic E-state index is 14.0. The molecule has 0 aliphatic rings. The number of benzene rings is 1. The van der Waals surface area contributed by atoms with Crippen molar-refractivity contribution in [3.63, 3.8) is 0 Å². The van der Waals surface area contributed by atoms with Crippen molar-refractivity contribution in [3.05, 3.63) is 36.7 Å². The van der Waals surface area contributed by atoms with Crippen molar-refractivity contribution in [1.29, 1.82) is 0 Å². The van der Waals surface area contributed by atoms with Crippen LogP contribution in [0.5, 0.6) is 0 Å². The summed E-state index contributed by atoms with van der Waals surface area (Å²) in [5.41, 5.74) is 0.518. The molecule has 1 heterocycles. The lowest BCUT2D eigenvalue weighted by Gasteiger charge is -2.10. The Labute approximate surface area is 138 Å². The standard InChI is InChI=1S/C15H19FN6O2/c1-10(2)20-14(23)5-6-18-15(24)21-11-3-4-13(12(16)7-11)22-9-17-8-19-22/h3-4,7-10H,5-6H2,1-2H3,(H,20,23)(H2,18,21,24). The molecule has 8 nitrogen and oxygen atoms in total. The van der Waals surface area contributed by atoms with Crippen molar-refractivity contribution < 1.29 is 14.0 Å². The van der Waals surface area contributed by atoms with Crippen molar-refractivity contribution in [2.45, 2.75) is 26.3 Å². The first-order valence-corrected chi connectivity index (χ1v) is 7.44.